The molecule has 0 spiro atoms. The van der Waals surface area contributed by atoms with Crippen molar-refractivity contribution in [2.24, 2.45) is 0 Å². The third kappa shape index (κ3) is 0.500. The van der Waals surface area contributed by atoms with E-state index in [4.69, 9.17) is 9.93 Å². The number of aromatic amines is 1. The van der Waals surface area contributed by atoms with Crippen molar-refractivity contribution in [2.75, 3.05) is 0 Å². The summed E-state index contributed by atoms with van der Waals surface area (Å²) < 4.78 is 4.89. The number of hydrogen-bond acceptors (Lipinski definition) is 3. The van der Waals surface area contributed by atoms with Crippen LogP contribution in [0.15, 0.2) is 16.7 Å². The minimum atomic E-state index is 0.648. The highest BCUT2D eigenvalue weighted by molar-refractivity contribution is 5.87. The van der Waals surface area contributed by atoms with Crippen molar-refractivity contribution < 1.29 is 4.52 Å². The Bertz CT molecular complexity index is 322. The number of hydrogen-bond donors (Lipinski definition) is 2. The molecule has 0 aromatic carbocycles. The molecule has 0 radical (unpaired) electrons. The summed E-state index contributed by atoms with van der Waals surface area (Å²) in [4.78, 5) is 0. The maximum atomic E-state index is 6.95. The molecule has 50 valence electrons. The van der Waals surface area contributed by atoms with Gasteiger partial charge >= 0.3 is 0 Å². The average molecular weight is 135 g/mol. The highest BCUT2D eigenvalue weighted by Crippen LogP contribution is 2.22. The van der Waals surface area contributed by atoms with Gasteiger partial charge in [-0.1, -0.05) is 0 Å². The lowest BCUT2D eigenvalue weighted by Crippen LogP contribution is -1.73. The zero-order valence-electron chi connectivity index (χ0n) is 5.09. The highest BCUT2D eigenvalue weighted by atomic mass is 16.5. The Labute approximate surface area is 56.7 Å². The van der Waals surface area contributed by atoms with E-state index in [1.54, 1.807) is 12.1 Å². The molecule has 0 aromatic rings. The second-order valence-electron chi connectivity index (χ2n) is 1.95. The van der Waals surface area contributed by atoms with Gasteiger partial charge in [-0.05, 0) is 12.1 Å². The van der Waals surface area contributed by atoms with Crippen LogP contribution < -0.4 is 0 Å². The van der Waals surface area contributed by atoms with Gasteiger partial charge in [-0.25, -0.2) is 0 Å². The highest BCUT2D eigenvalue weighted by Gasteiger charge is 2.12. The van der Waals surface area contributed by atoms with E-state index in [0.29, 0.717) is 5.76 Å². The lowest BCUT2D eigenvalue weighted by Gasteiger charge is -1.81. The molecule has 0 fully saturated rings. The summed E-state index contributed by atoms with van der Waals surface area (Å²) in [6.07, 6.45) is 1.24. The summed E-state index contributed by atoms with van der Waals surface area (Å²) in [6, 6.07) is 3.59. The Balaban J connectivity index is 2.71. The number of nitrogens with zero attached hydrogens (tertiary/aromatic N) is 1. The maximum Gasteiger partial charge on any atom is 0.193 e. The van der Waals surface area contributed by atoms with Gasteiger partial charge in [0.15, 0.2) is 5.76 Å². The zero-order valence-corrected chi connectivity index (χ0v) is 5.09. The second-order valence-corrected chi connectivity index (χ2v) is 1.95. The summed E-state index contributed by atoms with van der Waals surface area (Å²) in [5.74, 6) is 0.648. The molecular weight excluding hydrogens is 130 g/mol. The predicted molar refractivity (Wildman–Crippen MR) is 35.4 cm³/mol. The Morgan fingerprint density at radius 1 is 1.60 bits per heavy atom. The first-order valence-corrected chi connectivity index (χ1v) is 2.84. The Kier molecular flexibility index (Phi) is 0.887. The third-order valence-corrected chi connectivity index (χ3v) is 1.38. The van der Waals surface area contributed by atoms with Crippen molar-refractivity contribution >= 4 is 6.21 Å². The molecule has 4 heteroatoms. The van der Waals surface area contributed by atoms with Crippen LogP contribution in [0.2, 0.25) is 0 Å². The summed E-state index contributed by atoms with van der Waals surface area (Å²) in [6.45, 7) is 0. The van der Waals surface area contributed by atoms with Crippen LogP contribution in [0.4, 0.5) is 0 Å². The van der Waals surface area contributed by atoms with E-state index in [2.05, 4.69) is 10.4 Å². The molecule has 2 aliphatic rings. The first kappa shape index (κ1) is 5.22. The predicted octanol–water partition coefficient (Wildman–Crippen LogP) is 1.11. The minimum absolute atomic E-state index is 0.648. The minimum Gasteiger partial charge on any atom is -0.362 e. The van der Waals surface area contributed by atoms with Crippen molar-refractivity contribution in [3.05, 3.63) is 17.7 Å². The molecule has 0 bridgehead atoms. The molecule has 1 aliphatic heterocycles. The van der Waals surface area contributed by atoms with Crippen LogP contribution in [-0.2, 0) is 0 Å². The molecule has 10 heavy (non-hydrogen) atoms. The first-order valence-electron chi connectivity index (χ1n) is 2.84. The number of aromatic nitrogens is 2. The molecule has 0 saturated heterocycles. The topological polar surface area (TPSA) is 65.7 Å². The van der Waals surface area contributed by atoms with E-state index in [9.17, 15) is 0 Å². The maximum absolute atomic E-state index is 6.95. The van der Waals surface area contributed by atoms with E-state index in [-0.39, 0.29) is 0 Å². The monoisotopic (exact) mass is 135 g/mol. The Morgan fingerprint density at radius 2 is 2.50 bits per heavy atom. The molecular formula is C6H5N3O. The van der Waals surface area contributed by atoms with Gasteiger partial charge in [0.2, 0.25) is 0 Å². The van der Waals surface area contributed by atoms with Crippen molar-refractivity contribution in [1.82, 2.24) is 10.4 Å². The van der Waals surface area contributed by atoms with Gasteiger partial charge in [-0.2, -0.15) is 0 Å². The van der Waals surface area contributed by atoms with Gasteiger partial charge in [0.1, 0.15) is 5.69 Å². The quantitative estimate of drug-likeness (QED) is 0.575. The van der Waals surface area contributed by atoms with Crippen LogP contribution in [0.3, 0.4) is 0 Å². The fourth-order valence-corrected chi connectivity index (χ4v) is 0.899. The van der Waals surface area contributed by atoms with Gasteiger partial charge in [-0.15, -0.1) is 10.4 Å². The SMILES string of the molecule is N=Cc1ccc2n[nH]oc1-2. The van der Waals surface area contributed by atoms with Crippen LogP contribution in [-0.4, -0.2) is 16.6 Å². The van der Waals surface area contributed by atoms with Crippen LogP contribution in [0.1, 0.15) is 5.56 Å². The largest absolute Gasteiger partial charge is 0.362 e. The first-order chi connectivity index (χ1) is 4.92. The molecule has 0 unspecified atom stereocenters. The van der Waals surface area contributed by atoms with Crippen molar-refractivity contribution in [2.45, 2.75) is 0 Å². The summed E-state index contributed by atoms with van der Waals surface area (Å²) in [7, 11) is 0. The summed E-state index contributed by atoms with van der Waals surface area (Å²) in [5, 5.41) is 13.1. The number of fused-ring (bicyclic) bond motifs is 1. The molecule has 4 nitrogen and oxygen atoms in total. The molecule has 1 heterocycles. The van der Waals surface area contributed by atoms with E-state index >= 15 is 0 Å². The zero-order chi connectivity index (χ0) is 6.97. The lowest BCUT2D eigenvalue weighted by molar-refractivity contribution is 0.407. The molecule has 0 aromatic heterocycles. The fraction of sp³-hybridized carbons (Fsp3) is 0. The van der Waals surface area contributed by atoms with E-state index in [1.807, 2.05) is 0 Å². The van der Waals surface area contributed by atoms with E-state index in [1.165, 1.54) is 6.21 Å². The van der Waals surface area contributed by atoms with Gasteiger partial charge in [0, 0.05) is 11.8 Å². The van der Waals surface area contributed by atoms with Gasteiger partial charge in [0.25, 0.3) is 0 Å². The molecule has 0 atom stereocenters. The molecule has 2 rings (SSSR count). The van der Waals surface area contributed by atoms with Crippen molar-refractivity contribution in [1.29, 1.82) is 5.41 Å². The number of nitrogens with one attached hydrogen (secondary N) is 2. The smallest absolute Gasteiger partial charge is 0.193 e. The normalized spacial score (nSPS) is 10.4. The van der Waals surface area contributed by atoms with Crippen LogP contribution >= 0.6 is 0 Å². The van der Waals surface area contributed by atoms with Crippen LogP contribution in [0.25, 0.3) is 11.5 Å². The third-order valence-electron chi connectivity index (χ3n) is 1.38. The van der Waals surface area contributed by atoms with E-state index < -0.39 is 0 Å². The van der Waals surface area contributed by atoms with Crippen LogP contribution in [0, 0.1) is 5.41 Å². The Hall–Kier alpha value is -1.58. The van der Waals surface area contributed by atoms with E-state index in [0.717, 1.165) is 11.3 Å². The number of rotatable bonds is 1. The molecule has 0 saturated carbocycles. The summed E-state index contributed by atoms with van der Waals surface area (Å²) in [5.41, 5.74) is 1.52. The van der Waals surface area contributed by atoms with Crippen LogP contribution in [0.5, 0.6) is 0 Å². The molecule has 1 aliphatic carbocycles. The average Bonchev–Trinajstić information content (AvgIpc) is 2.44. The van der Waals surface area contributed by atoms with Gasteiger partial charge in [-0.3, -0.25) is 0 Å². The van der Waals surface area contributed by atoms with Crippen molar-refractivity contribution in [3.63, 3.8) is 0 Å². The lowest BCUT2D eigenvalue weighted by atomic mass is 10.3. The van der Waals surface area contributed by atoms with Gasteiger partial charge < -0.3 is 9.93 Å². The fourth-order valence-electron chi connectivity index (χ4n) is 0.899. The van der Waals surface area contributed by atoms with Crippen molar-refractivity contribution in [3.8, 4) is 11.5 Å². The summed E-state index contributed by atoms with van der Waals surface area (Å²) >= 11 is 0. The molecule has 2 N–H and O–H groups in total. The second kappa shape index (κ2) is 1.70. The number of H-pyrrole nitrogens is 1. The molecule has 0 amide bonds. The Morgan fingerprint density at radius 3 is 3.30 bits per heavy atom. The van der Waals surface area contributed by atoms with Gasteiger partial charge in [0.05, 0.1) is 0 Å². The standard InChI is InChI=1S/C6H5N3O/c7-3-4-1-2-5-6(4)10-9-8-5/h1-3,7,9H.